The zero-order valence-electron chi connectivity index (χ0n) is 11.5. The van der Waals surface area contributed by atoms with Crippen molar-refractivity contribution in [3.8, 4) is 11.8 Å². The molecule has 2 fully saturated rings. The lowest BCUT2D eigenvalue weighted by Crippen LogP contribution is -2.37. The number of likely N-dealkylation sites (tertiary alicyclic amines) is 2. The first-order valence-electron chi connectivity index (χ1n) is 6.82. The summed E-state index contributed by atoms with van der Waals surface area (Å²) in [4.78, 5) is 18.3. The summed E-state index contributed by atoms with van der Waals surface area (Å²) in [5.74, 6) is 6.56. The van der Waals surface area contributed by atoms with Gasteiger partial charge in [0.2, 0.25) is 5.91 Å². The summed E-state index contributed by atoms with van der Waals surface area (Å²) in [6, 6.07) is 0.0605. The van der Waals surface area contributed by atoms with Crippen molar-refractivity contribution < 1.29 is 4.79 Å². The van der Waals surface area contributed by atoms with Gasteiger partial charge in [-0.1, -0.05) is 11.8 Å². The molecule has 0 aromatic carbocycles. The third-order valence-electron chi connectivity index (χ3n) is 3.79. The number of amides is 1. The van der Waals surface area contributed by atoms with Crippen LogP contribution in [0.4, 0.5) is 0 Å². The molecule has 0 unspecified atom stereocenters. The van der Waals surface area contributed by atoms with Crippen LogP contribution in [0.3, 0.4) is 0 Å². The van der Waals surface area contributed by atoms with E-state index in [0.717, 1.165) is 19.5 Å². The number of likely N-dealkylation sites (N-methyl/N-ethyl adjacent to an activating group) is 1. The van der Waals surface area contributed by atoms with Gasteiger partial charge < -0.3 is 4.90 Å². The molecule has 0 N–H and O–H groups in total. The Bertz CT molecular complexity index is 350. The van der Waals surface area contributed by atoms with Crippen molar-refractivity contribution in [2.45, 2.75) is 25.3 Å². The minimum Gasteiger partial charge on any atom is -0.330 e. The summed E-state index contributed by atoms with van der Waals surface area (Å²) in [5.41, 5.74) is 0. The van der Waals surface area contributed by atoms with E-state index in [1.165, 1.54) is 25.9 Å². The average molecular weight is 249 g/mol. The molecule has 2 heterocycles. The van der Waals surface area contributed by atoms with E-state index in [0.29, 0.717) is 6.54 Å². The standard InChI is InChI=1S/C14H23N3O/c1-15(2)13-7-12-17(14(13)18)11-6-5-10-16-8-3-4-9-16/h13H,3-4,7-12H2,1-2H3/t13-/m1/s1. The topological polar surface area (TPSA) is 26.8 Å². The molecular weight excluding hydrogens is 226 g/mol. The van der Waals surface area contributed by atoms with Crippen LogP contribution in [0.2, 0.25) is 0 Å². The van der Waals surface area contributed by atoms with Crippen LogP contribution in [0, 0.1) is 11.8 Å². The van der Waals surface area contributed by atoms with Gasteiger partial charge in [-0.05, 0) is 46.4 Å². The third kappa shape index (κ3) is 3.24. The molecule has 100 valence electrons. The highest BCUT2D eigenvalue weighted by Crippen LogP contribution is 2.14. The van der Waals surface area contributed by atoms with Crippen LogP contribution in [-0.2, 0) is 4.79 Å². The lowest BCUT2D eigenvalue weighted by Gasteiger charge is -2.18. The van der Waals surface area contributed by atoms with Gasteiger partial charge in [-0.15, -0.1) is 0 Å². The van der Waals surface area contributed by atoms with Crippen molar-refractivity contribution in [2.24, 2.45) is 0 Å². The van der Waals surface area contributed by atoms with E-state index in [4.69, 9.17) is 0 Å². The number of hydrogen-bond donors (Lipinski definition) is 0. The average Bonchev–Trinajstić information content (AvgIpc) is 2.95. The van der Waals surface area contributed by atoms with Crippen LogP contribution in [0.25, 0.3) is 0 Å². The monoisotopic (exact) mass is 249 g/mol. The second-order valence-electron chi connectivity index (χ2n) is 5.36. The maximum absolute atomic E-state index is 12.0. The molecule has 0 aromatic heterocycles. The minimum atomic E-state index is 0.0605. The quantitative estimate of drug-likeness (QED) is 0.671. The van der Waals surface area contributed by atoms with Crippen molar-refractivity contribution in [3.05, 3.63) is 0 Å². The lowest BCUT2D eigenvalue weighted by molar-refractivity contribution is -0.130. The Labute approximate surface area is 110 Å². The van der Waals surface area contributed by atoms with Crippen LogP contribution in [-0.4, -0.2) is 73.5 Å². The summed E-state index contributed by atoms with van der Waals surface area (Å²) < 4.78 is 0. The predicted molar refractivity (Wildman–Crippen MR) is 72.1 cm³/mol. The van der Waals surface area contributed by atoms with Crippen LogP contribution in [0.1, 0.15) is 19.3 Å². The second-order valence-corrected chi connectivity index (χ2v) is 5.36. The number of nitrogens with zero attached hydrogens (tertiary/aromatic N) is 3. The molecule has 4 heteroatoms. The van der Waals surface area contributed by atoms with Crippen LogP contribution in [0.15, 0.2) is 0 Å². The first-order chi connectivity index (χ1) is 8.68. The molecule has 1 atom stereocenters. The van der Waals surface area contributed by atoms with E-state index < -0.39 is 0 Å². The van der Waals surface area contributed by atoms with Gasteiger partial charge in [0.1, 0.15) is 0 Å². The third-order valence-corrected chi connectivity index (χ3v) is 3.79. The van der Waals surface area contributed by atoms with Crippen molar-refractivity contribution in [3.63, 3.8) is 0 Å². The van der Waals surface area contributed by atoms with E-state index in [1.807, 2.05) is 23.9 Å². The summed E-state index contributed by atoms with van der Waals surface area (Å²) >= 11 is 0. The Morgan fingerprint density at radius 1 is 1.17 bits per heavy atom. The summed E-state index contributed by atoms with van der Waals surface area (Å²) in [6.45, 7) is 4.66. The molecular formula is C14H23N3O. The molecule has 4 nitrogen and oxygen atoms in total. The first kappa shape index (κ1) is 13.4. The van der Waals surface area contributed by atoms with Crippen LogP contribution in [0.5, 0.6) is 0 Å². The zero-order chi connectivity index (χ0) is 13.0. The Hall–Kier alpha value is -1.05. The predicted octanol–water partition coefficient (Wildman–Crippen LogP) is 0.248. The smallest absolute Gasteiger partial charge is 0.240 e. The van der Waals surface area contributed by atoms with Crippen molar-refractivity contribution in [1.29, 1.82) is 0 Å². The van der Waals surface area contributed by atoms with Gasteiger partial charge in [0.25, 0.3) is 0 Å². The van der Waals surface area contributed by atoms with Gasteiger partial charge in [-0.25, -0.2) is 0 Å². The Balaban J connectivity index is 1.74. The van der Waals surface area contributed by atoms with Crippen molar-refractivity contribution in [1.82, 2.24) is 14.7 Å². The highest BCUT2D eigenvalue weighted by atomic mass is 16.2. The molecule has 0 spiro atoms. The van der Waals surface area contributed by atoms with E-state index in [2.05, 4.69) is 16.7 Å². The largest absolute Gasteiger partial charge is 0.330 e. The molecule has 0 radical (unpaired) electrons. The fraction of sp³-hybridized carbons (Fsp3) is 0.786. The van der Waals surface area contributed by atoms with Gasteiger partial charge in [-0.2, -0.15) is 0 Å². The molecule has 0 saturated carbocycles. The fourth-order valence-corrected chi connectivity index (χ4v) is 2.62. The normalized spacial score (nSPS) is 24.7. The fourth-order valence-electron chi connectivity index (χ4n) is 2.62. The Morgan fingerprint density at radius 2 is 1.83 bits per heavy atom. The maximum Gasteiger partial charge on any atom is 0.240 e. The number of rotatable bonds is 3. The number of hydrogen-bond acceptors (Lipinski definition) is 3. The molecule has 2 aliphatic heterocycles. The zero-order valence-corrected chi connectivity index (χ0v) is 11.5. The SMILES string of the molecule is CN(C)[C@@H]1CCN(CC#CCN2CCCC2)C1=O. The molecule has 2 saturated heterocycles. The molecule has 0 aromatic rings. The molecule has 2 aliphatic rings. The highest BCUT2D eigenvalue weighted by molar-refractivity contribution is 5.84. The van der Waals surface area contributed by atoms with Crippen molar-refractivity contribution >= 4 is 5.91 Å². The van der Waals surface area contributed by atoms with Gasteiger partial charge >= 0.3 is 0 Å². The summed E-state index contributed by atoms with van der Waals surface area (Å²) in [7, 11) is 3.93. The van der Waals surface area contributed by atoms with E-state index in [-0.39, 0.29) is 11.9 Å². The highest BCUT2D eigenvalue weighted by Gasteiger charge is 2.32. The maximum atomic E-state index is 12.0. The molecule has 2 rings (SSSR count). The van der Waals surface area contributed by atoms with Crippen LogP contribution < -0.4 is 0 Å². The van der Waals surface area contributed by atoms with E-state index in [9.17, 15) is 4.79 Å². The van der Waals surface area contributed by atoms with Crippen LogP contribution >= 0.6 is 0 Å². The second kappa shape index (κ2) is 6.21. The molecule has 0 bridgehead atoms. The summed E-state index contributed by atoms with van der Waals surface area (Å²) in [6.07, 6.45) is 3.53. The van der Waals surface area contributed by atoms with Gasteiger partial charge in [0.15, 0.2) is 0 Å². The number of carbonyl (C=O) groups excluding carboxylic acids is 1. The van der Waals surface area contributed by atoms with Gasteiger partial charge in [-0.3, -0.25) is 14.6 Å². The van der Waals surface area contributed by atoms with Gasteiger partial charge in [0.05, 0.1) is 19.1 Å². The van der Waals surface area contributed by atoms with E-state index >= 15 is 0 Å². The minimum absolute atomic E-state index is 0.0605. The Kier molecular flexibility index (Phi) is 4.62. The molecule has 1 amide bonds. The number of carbonyl (C=O) groups is 1. The summed E-state index contributed by atoms with van der Waals surface area (Å²) in [5, 5.41) is 0. The molecule has 0 aliphatic carbocycles. The van der Waals surface area contributed by atoms with Crippen molar-refractivity contribution in [2.75, 3.05) is 46.8 Å². The molecule has 18 heavy (non-hydrogen) atoms. The lowest BCUT2D eigenvalue weighted by atomic mass is 10.2. The first-order valence-corrected chi connectivity index (χ1v) is 6.82. The van der Waals surface area contributed by atoms with Gasteiger partial charge in [0, 0.05) is 6.54 Å². The van der Waals surface area contributed by atoms with E-state index in [1.54, 1.807) is 0 Å². The Morgan fingerprint density at radius 3 is 2.44 bits per heavy atom.